The maximum Gasteiger partial charge on any atom is 0.306 e. The Kier molecular flexibility index (Phi) is 32.7. The molecule has 0 fully saturated rings. The summed E-state index contributed by atoms with van der Waals surface area (Å²) in [5.41, 5.74) is 0. The van der Waals surface area contributed by atoms with E-state index in [2.05, 4.69) is 74.6 Å². The van der Waals surface area contributed by atoms with Crippen LogP contribution in [0.1, 0.15) is 142 Å². The molecule has 0 aromatic carbocycles. The van der Waals surface area contributed by atoms with Crippen molar-refractivity contribution in [2.75, 3.05) is 13.2 Å². The molecule has 5 heteroatoms. The Morgan fingerprint density at radius 1 is 0.523 bits per heavy atom. The van der Waals surface area contributed by atoms with Gasteiger partial charge in [-0.25, -0.2) is 0 Å². The lowest BCUT2D eigenvalue weighted by Gasteiger charge is -2.15. The minimum atomic E-state index is -0.815. The van der Waals surface area contributed by atoms with Crippen LogP contribution in [0, 0.1) is 0 Å². The third-order valence-electron chi connectivity index (χ3n) is 6.99. The molecule has 0 spiro atoms. The zero-order valence-electron chi connectivity index (χ0n) is 28.1. The fourth-order valence-corrected chi connectivity index (χ4v) is 4.28. The number of hydrogen-bond acceptors (Lipinski definition) is 5. The van der Waals surface area contributed by atoms with Gasteiger partial charge in [-0.1, -0.05) is 132 Å². The first-order chi connectivity index (χ1) is 21.6. The molecule has 0 saturated heterocycles. The number of ether oxygens (including phenoxy) is 2. The molecule has 0 amide bonds. The Morgan fingerprint density at radius 3 is 1.55 bits per heavy atom. The highest BCUT2D eigenvalue weighted by Crippen LogP contribution is 2.09. The molecule has 1 N–H and O–H groups in total. The quantitative estimate of drug-likeness (QED) is 0.0496. The van der Waals surface area contributed by atoms with Crippen molar-refractivity contribution < 1.29 is 24.2 Å². The highest BCUT2D eigenvalue weighted by molar-refractivity contribution is 5.70. The molecule has 0 rings (SSSR count). The van der Waals surface area contributed by atoms with Crippen molar-refractivity contribution in [1.82, 2.24) is 0 Å². The third kappa shape index (κ3) is 32.3. The van der Waals surface area contributed by atoms with Crippen molar-refractivity contribution in [2.24, 2.45) is 0 Å². The second kappa shape index (κ2) is 34.8. The van der Waals surface area contributed by atoms with Crippen LogP contribution in [-0.2, 0) is 19.1 Å². The Hall–Kier alpha value is -2.66. The van der Waals surface area contributed by atoms with E-state index in [1.54, 1.807) is 0 Å². The summed E-state index contributed by atoms with van der Waals surface area (Å²) in [5.74, 6) is -0.708. The largest absolute Gasteiger partial charge is 0.462 e. The topological polar surface area (TPSA) is 72.8 Å². The molecule has 0 aliphatic heterocycles. The lowest BCUT2D eigenvalue weighted by Crippen LogP contribution is -2.28. The summed E-state index contributed by atoms with van der Waals surface area (Å²) in [5, 5.41) is 9.49. The van der Waals surface area contributed by atoms with E-state index in [-0.39, 0.29) is 25.6 Å². The first kappa shape index (κ1) is 41.3. The average molecular weight is 613 g/mol. The SMILES string of the molecule is CCCCC=CCCCCCCCC(=O)OC[C@H](CO)OC(=O)CCC=CCC=CCC=CCC=CCC=CCCCCC. The normalized spacial score (nSPS) is 13.1. The number of allylic oxidation sites excluding steroid dienone is 12. The van der Waals surface area contributed by atoms with Crippen molar-refractivity contribution in [3.05, 3.63) is 72.9 Å². The molecular weight excluding hydrogens is 548 g/mol. The smallest absolute Gasteiger partial charge is 0.306 e. The van der Waals surface area contributed by atoms with Crippen LogP contribution in [-0.4, -0.2) is 36.4 Å². The number of aliphatic hydroxyl groups is 1. The first-order valence-corrected chi connectivity index (χ1v) is 17.5. The molecule has 0 heterocycles. The van der Waals surface area contributed by atoms with E-state index in [1.165, 1.54) is 57.8 Å². The number of carbonyl (C=O) groups is 2. The summed E-state index contributed by atoms with van der Waals surface area (Å²) in [7, 11) is 0. The van der Waals surface area contributed by atoms with E-state index in [0.29, 0.717) is 12.8 Å². The van der Waals surface area contributed by atoms with E-state index >= 15 is 0 Å². The minimum absolute atomic E-state index is 0.104. The van der Waals surface area contributed by atoms with E-state index in [4.69, 9.17) is 9.47 Å². The van der Waals surface area contributed by atoms with Gasteiger partial charge in [-0.15, -0.1) is 0 Å². The van der Waals surface area contributed by atoms with Gasteiger partial charge in [-0.05, 0) is 70.6 Å². The van der Waals surface area contributed by atoms with Crippen LogP contribution in [0.4, 0.5) is 0 Å². The summed E-state index contributed by atoms with van der Waals surface area (Å²) in [6.07, 6.45) is 45.4. The van der Waals surface area contributed by atoms with Gasteiger partial charge in [0.1, 0.15) is 6.61 Å². The Labute approximate surface area is 270 Å². The maximum atomic E-state index is 12.1. The average Bonchev–Trinajstić information content (AvgIpc) is 3.02. The molecule has 0 aliphatic rings. The Bertz CT molecular complexity index is 833. The van der Waals surface area contributed by atoms with Crippen LogP contribution < -0.4 is 0 Å². The van der Waals surface area contributed by atoms with Gasteiger partial charge in [0.25, 0.3) is 0 Å². The lowest BCUT2D eigenvalue weighted by molar-refractivity contribution is -0.161. The van der Waals surface area contributed by atoms with Crippen molar-refractivity contribution >= 4 is 11.9 Å². The number of rotatable bonds is 30. The van der Waals surface area contributed by atoms with Crippen LogP contribution in [0.2, 0.25) is 0 Å². The van der Waals surface area contributed by atoms with Gasteiger partial charge in [-0.3, -0.25) is 9.59 Å². The Morgan fingerprint density at radius 2 is 0.977 bits per heavy atom. The predicted molar refractivity (Wildman–Crippen MR) is 186 cm³/mol. The monoisotopic (exact) mass is 612 g/mol. The lowest BCUT2D eigenvalue weighted by atomic mass is 10.1. The molecule has 0 bridgehead atoms. The summed E-state index contributed by atoms with van der Waals surface area (Å²) in [6, 6.07) is 0. The summed E-state index contributed by atoms with van der Waals surface area (Å²) in [6.45, 7) is 3.97. The van der Waals surface area contributed by atoms with E-state index in [9.17, 15) is 14.7 Å². The molecule has 0 aliphatic carbocycles. The van der Waals surface area contributed by atoms with Gasteiger partial charge in [-0.2, -0.15) is 0 Å². The molecule has 5 nitrogen and oxygen atoms in total. The van der Waals surface area contributed by atoms with E-state index in [1.807, 2.05) is 12.2 Å². The second-order valence-electron chi connectivity index (χ2n) is 11.2. The van der Waals surface area contributed by atoms with Gasteiger partial charge >= 0.3 is 11.9 Å². The standard InChI is InChI=1S/C39H64O5/c1-3-5-7-9-11-13-15-16-17-18-19-20-21-22-24-26-28-30-32-34-39(42)44-37(35-40)36-43-38(41)33-31-29-27-25-23-14-12-10-8-6-4-2/h10-13,16-17,19-20,22,24,28,30,37,40H,3-9,14-15,18,21,23,25-27,29,31-36H2,1-2H3/t37-/m0/s1. The van der Waals surface area contributed by atoms with Gasteiger partial charge in [0.15, 0.2) is 6.10 Å². The fourth-order valence-electron chi connectivity index (χ4n) is 4.28. The zero-order valence-corrected chi connectivity index (χ0v) is 28.1. The van der Waals surface area contributed by atoms with Crippen LogP contribution in [0.25, 0.3) is 0 Å². The summed E-state index contributed by atoms with van der Waals surface area (Å²) < 4.78 is 10.5. The minimum Gasteiger partial charge on any atom is -0.462 e. The third-order valence-corrected chi connectivity index (χ3v) is 6.99. The van der Waals surface area contributed by atoms with Crippen molar-refractivity contribution in [3.8, 4) is 0 Å². The second-order valence-corrected chi connectivity index (χ2v) is 11.2. The zero-order chi connectivity index (χ0) is 32.2. The fraction of sp³-hybridized carbons (Fsp3) is 0.641. The van der Waals surface area contributed by atoms with Gasteiger partial charge in [0, 0.05) is 12.8 Å². The van der Waals surface area contributed by atoms with Gasteiger partial charge in [0.05, 0.1) is 6.61 Å². The van der Waals surface area contributed by atoms with E-state index < -0.39 is 12.1 Å². The maximum absolute atomic E-state index is 12.1. The number of hydrogen-bond donors (Lipinski definition) is 1. The number of aliphatic hydroxyl groups excluding tert-OH is 1. The highest BCUT2D eigenvalue weighted by Gasteiger charge is 2.15. The van der Waals surface area contributed by atoms with Crippen LogP contribution in [0.15, 0.2) is 72.9 Å². The molecule has 250 valence electrons. The van der Waals surface area contributed by atoms with E-state index in [0.717, 1.165) is 51.4 Å². The first-order valence-electron chi connectivity index (χ1n) is 17.5. The van der Waals surface area contributed by atoms with Crippen molar-refractivity contribution in [2.45, 2.75) is 148 Å². The van der Waals surface area contributed by atoms with Crippen molar-refractivity contribution in [1.29, 1.82) is 0 Å². The van der Waals surface area contributed by atoms with Crippen LogP contribution in [0.5, 0.6) is 0 Å². The molecule has 1 atom stereocenters. The molecule has 0 aromatic rings. The Balaban J connectivity index is 3.77. The van der Waals surface area contributed by atoms with Crippen LogP contribution in [0.3, 0.4) is 0 Å². The number of unbranched alkanes of at least 4 members (excludes halogenated alkanes) is 10. The molecule has 0 radical (unpaired) electrons. The molecule has 0 aromatic heterocycles. The summed E-state index contributed by atoms with van der Waals surface area (Å²) >= 11 is 0. The van der Waals surface area contributed by atoms with Gasteiger partial charge < -0.3 is 14.6 Å². The highest BCUT2D eigenvalue weighted by atomic mass is 16.6. The number of esters is 2. The van der Waals surface area contributed by atoms with Crippen LogP contribution >= 0.6 is 0 Å². The molecule has 0 saturated carbocycles. The number of carbonyl (C=O) groups excluding carboxylic acids is 2. The summed E-state index contributed by atoms with van der Waals surface area (Å²) in [4.78, 5) is 24.1. The molecule has 44 heavy (non-hydrogen) atoms. The van der Waals surface area contributed by atoms with Crippen molar-refractivity contribution in [3.63, 3.8) is 0 Å². The van der Waals surface area contributed by atoms with Gasteiger partial charge in [0.2, 0.25) is 0 Å². The predicted octanol–water partition coefficient (Wildman–Crippen LogP) is 10.6. The molecule has 0 unspecified atom stereocenters. The molecular formula is C39H64O5.